The van der Waals surface area contributed by atoms with E-state index in [2.05, 4.69) is 19.7 Å². The summed E-state index contributed by atoms with van der Waals surface area (Å²) in [7, 11) is 1.38. The second-order valence-corrected chi connectivity index (χ2v) is 3.87. The van der Waals surface area contributed by atoms with Gasteiger partial charge in [-0.3, -0.25) is 9.69 Å². The summed E-state index contributed by atoms with van der Waals surface area (Å²) in [5.74, 6) is -0.261. The number of carbonyl (C=O) groups is 1. The first-order chi connectivity index (χ1) is 7.54. The minimum absolute atomic E-state index is 0.218. The number of hydrogen-bond donors (Lipinski definition) is 0. The Morgan fingerprint density at radius 2 is 2.19 bits per heavy atom. The van der Waals surface area contributed by atoms with Gasteiger partial charge in [0.2, 0.25) is 0 Å². The summed E-state index contributed by atoms with van der Waals surface area (Å²) in [6.07, 6.45) is 0. The highest BCUT2D eigenvalue weighted by Gasteiger charge is 2.17. The third-order valence-electron chi connectivity index (χ3n) is 2.39. The number of esters is 1. The first-order valence-electron chi connectivity index (χ1n) is 5.13. The molecule has 1 aromatic heterocycles. The third-order valence-corrected chi connectivity index (χ3v) is 2.39. The van der Waals surface area contributed by atoms with Crippen LogP contribution in [0.25, 0.3) is 0 Å². The van der Waals surface area contributed by atoms with Gasteiger partial charge in [-0.05, 0) is 20.8 Å². The predicted molar refractivity (Wildman–Crippen MR) is 56.6 cm³/mol. The van der Waals surface area contributed by atoms with Crippen LogP contribution in [0.3, 0.4) is 0 Å². The number of rotatable bonds is 5. The molecular weight excluding hydrogens is 210 g/mol. The number of ether oxygens (including phenoxy) is 1. The molecule has 1 rings (SSSR count). The predicted octanol–water partition coefficient (Wildman–Crippen LogP) is 0.761. The number of hydrogen-bond acceptors (Lipinski definition) is 6. The Balaban J connectivity index is 2.65. The van der Waals surface area contributed by atoms with E-state index in [-0.39, 0.29) is 18.6 Å². The molecule has 0 saturated heterocycles. The van der Waals surface area contributed by atoms with Crippen molar-refractivity contribution < 1.29 is 14.2 Å². The van der Waals surface area contributed by atoms with Crippen LogP contribution in [0.5, 0.6) is 0 Å². The summed E-state index contributed by atoms with van der Waals surface area (Å²) < 4.78 is 9.25. The molecule has 0 aromatic carbocycles. The average molecular weight is 227 g/mol. The molecule has 0 unspecified atom stereocenters. The zero-order valence-electron chi connectivity index (χ0n) is 10.1. The lowest BCUT2D eigenvalue weighted by molar-refractivity contribution is -0.142. The molecule has 90 valence electrons. The Kier molecular flexibility index (Phi) is 4.42. The molecule has 0 saturated carbocycles. The van der Waals surface area contributed by atoms with Gasteiger partial charge in [0.15, 0.2) is 0 Å². The van der Waals surface area contributed by atoms with Gasteiger partial charge in [0.1, 0.15) is 11.4 Å². The van der Waals surface area contributed by atoms with E-state index in [1.165, 1.54) is 7.11 Å². The van der Waals surface area contributed by atoms with Gasteiger partial charge in [-0.1, -0.05) is 10.3 Å². The van der Waals surface area contributed by atoms with E-state index in [0.717, 1.165) is 11.4 Å². The van der Waals surface area contributed by atoms with Crippen molar-refractivity contribution >= 4 is 5.97 Å². The maximum atomic E-state index is 11.2. The lowest BCUT2D eigenvalue weighted by Gasteiger charge is -2.23. The fourth-order valence-corrected chi connectivity index (χ4v) is 1.24. The zero-order valence-corrected chi connectivity index (χ0v) is 10.1. The highest BCUT2D eigenvalue weighted by atomic mass is 16.6. The Morgan fingerprint density at radius 3 is 2.62 bits per heavy atom. The van der Waals surface area contributed by atoms with Gasteiger partial charge in [0.05, 0.1) is 13.7 Å². The molecule has 6 nitrogen and oxygen atoms in total. The molecule has 0 fully saturated rings. The molecule has 1 heterocycles. The Bertz CT molecular complexity index is 349. The summed E-state index contributed by atoms with van der Waals surface area (Å²) in [5, 5.41) is 7.49. The SMILES string of the molecule is COC(=O)CN(Cc1nonc1C)C(C)C. The number of carbonyl (C=O) groups excluding carboxylic acids is 1. The van der Waals surface area contributed by atoms with Crippen molar-refractivity contribution in [3.05, 3.63) is 11.4 Å². The van der Waals surface area contributed by atoms with Crippen molar-refractivity contribution in [2.45, 2.75) is 33.4 Å². The molecule has 0 bridgehead atoms. The smallest absolute Gasteiger partial charge is 0.319 e. The molecule has 0 spiro atoms. The number of methoxy groups -OCH3 is 1. The minimum atomic E-state index is -0.261. The molecule has 16 heavy (non-hydrogen) atoms. The van der Waals surface area contributed by atoms with Gasteiger partial charge in [-0.25, -0.2) is 4.63 Å². The van der Waals surface area contributed by atoms with Gasteiger partial charge in [-0.2, -0.15) is 0 Å². The second-order valence-electron chi connectivity index (χ2n) is 3.87. The number of aromatic nitrogens is 2. The summed E-state index contributed by atoms with van der Waals surface area (Å²) in [6.45, 7) is 6.60. The van der Waals surface area contributed by atoms with E-state index in [9.17, 15) is 4.79 Å². The first-order valence-corrected chi connectivity index (χ1v) is 5.13. The van der Waals surface area contributed by atoms with Crippen LogP contribution in [0.1, 0.15) is 25.2 Å². The van der Waals surface area contributed by atoms with Crippen molar-refractivity contribution in [1.82, 2.24) is 15.2 Å². The van der Waals surface area contributed by atoms with Gasteiger partial charge < -0.3 is 4.74 Å². The second kappa shape index (κ2) is 5.60. The summed E-state index contributed by atoms with van der Waals surface area (Å²) >= 11 is 0. The summed E-state index contributed by atoms with van der Waals surface area (Å²) in [6, 6.07) is 0.218. The summed E-state index contributed by atoms with van der Waals surface area (Å²) in [4.78, 5) is 13.2. The minimum Gasteiger partial charge on any atom is -0.468 e. The van der Waals surface area contributed by atoms with Crippen LogP contribution >= 0.6 is 0 Å². The fraction of sp³-hybridized carbons (Fsp3) is 0.700. The topological polar surface area (TPSA) is 68.5 Å². The molecule has 0 atom stereocenters. The van der Waals surface area contributed by atoms with E-state index in [1.807, 2.05) is 25.7 Å². The van der Waals surface area contributed by atoms with E-state index < -0.39 is 0 Å². The van der Waals surface area contributed by atoms with Crippen LogP contribution < -0.4 is 0 Å². The maximum absolute atomic E-state index is 11.2. The van der Waals surface area contributed by atoms with Gasteiger partial charge in [-0.15, -0.1) is 0 Å². The molecule has 0 aliphatic rings. The highest BCUT2D eigenvalue weighted by Crippen LogP contribution is 2.08. The zero-order chi connectivity index (χ0) is 12.1. The Labute approximate surface area is 94.5 Å². The third kappa shape index (κ3) is 3.30. The lowest BCUT2D eigenvalue weighted by atomic mass is 10.2. The van der Waals surface area contributed by atoms with Gasteiger partial charge >= 0.3 is 5.97 Å². The molecular formula is C10H17N3O3. The van der Waals surface area contributed by atoms with E-state index in [1.54, 1.807) is 0 Å². The van der Waals surface area contributed by atoms with Crippen LogP contribution in [0.15, 0.2) is 4.63 Å². The van der Waals surface area contributed by atoms with E-state index in [0.29, 0.717) is 6.54 Å². The molecule has 0 amide bonds. The van der Waals surface area contributed by atoms with Crippen molar-refractivity contribution in [2.75, 3.05) is 13.7 Å². The first kappa shape index (κ1) is 12.6. The highest BCUT2D eigenvalue weighted by molar-refractivity contribution is 5.71. The number of aryl methyl sites for hydroxylation is 1. The molecule has 1 aromatic rings. The van der Waals surface area contributed by atoms with Crippen LogP contribution in [-0.4, -0.2) is 40.9 Å². The van der Waals surface area contributed by atoms with E-state index in [4.69, 9.17) is 0 Å². The van der Waals surface area contributed by atoms with Crippen LogP contribution in [-0.2, 0) is 16.1 Å². The standard InChI is InChI=1S/C10H17N3O3/c1-7(2)13(6-10(14)15-4)5-9-8(3)11-16-12-9/h7H,5-6H2,1-4H3. The van der Waals surface area contributed by atoms with E-state index >= 15 is 0 Å². The maximum Gasteiger partial charge on any atom is 0.319 e. The van der Waals surface area contributed by atoms with Crippen molar-refractivity contribution in [1.29, 1.82) is 0 Å². The van der Waals surface area contributed by atoms with Crippen molar-refractivity contribution in [3.63, 3.8) is 0 Å². The molecule has 0 N–H and O–H groups in total. The average Bonchev–Trinajstić information content (AvgIpc) is 2.63. The van der Waals surface area contributed by atoms with Crippen molar-refractivity contribution in [2.24, 2.45) is 0 Å². The molecule has 0 aliphatic heterocycles. The fourth-order valence-electron chi connectivity index (χ4n) is 1.24. The molecule has 0 radical (unpaired) electrons. The number of nitrogens with zero attached hydrogens (tertiary/aromatic N) is 3. The van der Waals surface area contributed by atoms with Crippen molar-refractivity contribution in [3.8, 4) is 0 Å². The van der Waals surface area contributed by atoms with Crippen LogP contribution in [0.2, 0.25) is 0 Å². The van der Waals surface area contributed by atoms with Crippen LogP contribution in [0.4, 0.5) is 0 Å². The lowest BCUT2D eigenvalue weighted by Crippen LogP contribution is -2.35. The Hall–Kier alpha value is -1.43. The molecule has 6 heteroatoms. The monoisotopic (exact) mass is 227 g/mol. The summed E-state index contributed by atoms with van der Waals surface area (Å²) in [5.41, 5.74) is 1.49. The normalized spacial score (nSPS) is 11.1. The van der Waals surface area contributed by atoms with Gasteiger partial charge in [0, 0.05) is 12.6 Å². The van der Waals surface area contributed by atoms with Gasteiger partial charge in [0.25, 0.3) is 0 Å². The van der Waals surface area contributed by atoms with Crippen LogP contribution in [0, 0.1) is 6.92 Å². The molecule has 0 aliphatic carbocycles. The Morgan fingerprint density at radius 1 is 1.50 bits per heavy atom. The largest absolute Gasteiger partial charge is 0.468 e. The quantitative estimate of drug-likeness (QED) is 0.692.